The number of cyclic esters (lactones) is 1. The number of hydrogen-bond donors (Lipinski definition) is 1. The molecule has 126 valence electrons. The molecule has 1 N–H and O–H groups in total. The summed E-state index contributed by atoms with van der Waals surface area (Å²) >= 11 is 1.09. The summed E-state index contributed by atoms with van der Waals surface area (Å²) in [5.74, 6) is -0.490. The number of carbonyl (C=O) groups is 2. The molecule has 2 heterocycles. The van der Waals surface area contributed by atoms with Crippen LogP contribution < -0.4 is 4.72 Å². The Morgan fingerprint density at radius 1 is 1.17 bits per heavy atom. The smallest absolute Gasteiger partial charge is 0.417 e. The maximum Gasteiger partial charge on any atom is 0.417 e. The Morgan fingerprint density at radius 2 is 1.92 bits per heavy atom. The molecule has 9 heteroatoms. The molecule has 0 spiro atoms. The first-order valence-electron chi connectivity index (χ1n) is 7.05. The Bertz CT molecular complexity index is 818. The van der Waals surface area contributed by atoms with Crippen LogP contribution in [0.5, 0.6) is 0 Å². The van der Waals surface area contributed by atoms with E-state index in [9.17, 15) is 18.0 Å². The lowest BCUT2D eigenvalue weighted by Crippen LogP contribution is -2.40. The molecule has 1 saturated heterocycles. The fraction of sp³-hybridized carbons (Fsp3) is 0.200. The van der Waals surface area contributed by atoms with Crippen molar-refractivity contribution < 1.29 is 22.7 Å². The van der Waals surface area contributed by atoms with Gasteiger partial charge < -0.3 is 4.74 Å². The number of nitrogens with zero attached hydrogens (tertiary/aromatic N) is 1. The molecule has 1 aliphatic heterocycles. The van der Waals surface area contributed by atoms with Crippen LogP contribution >= 0.6 is 11.3 Å². The number of amides is 2. The van der Waals surface area contributed by atoms with E-state index >= 15 is 0 Å². The summed E-state index contributed by atoms with van der Waals surface area (Å²) in [6.07, 6.45) is -0.767. The zero-order valence-corrected chi connectivity index (χ0v) is 14.0. The third-order valence-corrected chi connectivity index (χ3v) is 6.33. The molecular formula is C15H14N2O5S2. The van der Waals surface area contributed by atoms with Crippen molar-refractivity contribution in [1.82, 2.24) is 9.62 Å². The van der Waals surface area contributed by atoms with Crippen molar-refractivity contribution in [2.45, 2.75) is 10.3 Å². The van der Waals surface area contributed by atoms with Crippen LogP contribution in [0.15, 0.2) is 52.1 Å². The van der Waals surface area contributed by atoms with Crippen molar-refractivity contribution in [2.75, 3.05) is 13.2 Å². The molecule has 1 atom stereocenters. The third kappa shape index (κ3) is 3.48. The molecule has 2 aromatic rings. The van der Waals surface area contributed by atoms with E-state index in [1.54, 1.807) is 41.8 Å². The van der Waals surface area contributed by atoms with Gasteiger partial charge >= 0.3 is 6.09 Å². The van der Waals surface area contributed by atoms with Gasteiger partial charge in [0, 0.05) is 0 Å². The van der Waals surface area contributed by atoms with Crippen LogP contribution in [0, 0.1) is 0 Å². The highest BCUT2D eigenvalue weighted by atomic mass is 32.2. The minimum Gasteiger partial charge on any atom is -0.439 e. The number of rotatable bonds is 6. The van der Waals surface area contributed by atoms with E-state index in [2.05, 4.69) is 9.46 Å². The molecule has 1 aliphatic rings. The molecule has 3 rings (SSSR count). The topological polar surface area (TPSA) is 92.8 Å². The number of sulfonamides is 1. The molecule has 24 heavy (non-hydrogen) atoms. The second kappa shape index (κ2) is 6.71. The zero-order valence-electron chi connectivity index (χ0n) is 12.4. The molecule has 0 aliphatic carbocycles. The molecule has 1 aromatic heterocycles. The van der Waals surface area contributed by atoms with Crippen molar-refractivity contribution in [3.8, 4) is 0 Å². The van der Waals surface area contributed by atoms with E-state index in [4.69, 9.17) is 0 Å². The zero-order chi connectivity index (χ0) is 17.2. The van der Waals surface area contributed by atoms with Crippen molar-refractivity contribution in [3.05, 3.63) is 53.4 Å². The SMILES string of the molecule is O=C1COC(=O)N1CC(NS(=O)(=O)c1cccs1)c1ccccc1. The predicted molar refractivity (Wildman–Crippen MR) is 86.9 cm³/mol. The molecule has 0 bridgehead atoms. The lowest BCUT2D eigenvalue weighted by Gasteiger charge is -2.22. The average molecular weight is 366 g/mol. The normalized spacial score (nSPS) is 16.2. The molecule has 0 saturated carbocycles. The van der Waals surface area contributed by atoms with E-state index in [0.29, 0.717) is 5.56 Å². The molecular weight excluding hydrogens is 352 g/mol. The lowest BCUT2D eigenvalue weighted by molar-refractivity contribution is -0.126. The van der Waals surface area contributed by atoms with Gasteiger partial charge in [0.2, 0.25) is 0 Å². The van der Waals surface area contributed by atoms with Crippen molar-refractivity contribution >= 4 is 33.4 Å². The summed E-state index contributed by atoms with van der Waals surface area (Å²) in [6.45, 7) is -0.454. The molecule has 7 nitrogen and oxygen atoms in total. The summed E-state index contributed by atoms with van der Waals surface area (Å²) in [6, 6.07) is 11.1. The van der Waals surface area contributed by atoms with E-state index in [0.717, 1.165) is 16.2 Å². The predicted octanol–water partition coefficient (Wildman–Crippen LogP) is 1.75. The highest BCUT2D eigenvalue weighted by Gasteiger charge is 2.34. The Hall–Kier alpha value is -2.23. The van der Waals surface area contributed by atoms with E-state index in [-0.39, 0.29) is 17.4 Å². The van der Waals surface area contributed by atoms with Crippen molar-refractivity contribution in [3.63, 3.8) is 0 Å². The van der Waals surface area contributed by atoms with Crippen LogP contribution in [-0.2, 0) is 19.6 Å². The quantitative estimate of drug-likeness (QED) is 0.841. The maximum atomic E-state index is 12.5. The summed E-state index contributed by atoms with van der Waals surface area (Å²) in [5.41, 5.74) is 0.644. The first-order chi connectivity index (χ1) is 11.5. The van der Waals surface area contributed by atoms with Crippen LogP contribution in [0.4, 0.5) is 4.79 Å². The van der Waals surface area contributed by atoms with Gasteiger partial charge in [-0.05, 0) is 17.0 Å². The van der Waals surface area contributed by atoms with Crippen molar-refractivity contribution in [1.29, 1.82) is 0 Å². The number of carbonyl (C=O) groups excluding carboxylic acids is 2. The standard InChI is InChI=1S/C15H14N2O5S2/c18-13-10-22-15(19)17(13)9-12(11-5-2-1-3-6-11)16-24(20,21)14-7-4-8-23-14/h1-8,12,16H,9-10H2. The van der Waals surface area contributed by atoms with E-state index in [1.807, 2.05) is 0 Å². The summed E-state index contributed by atoms with van der Waals surface area (Å²) in [5, 5.41) is 1.66. The number of ether oxygens (including phenoxy) is 1. The number of hydrogen-bond acceptors (Lipinski definition) is 6. The van der Waals surface area contributed by atoms with Crippen LogP contribution in [-0.4, -0.2) is 38.5 Å². The van der Waals surface area contributed by atoms with Gasteiger partial charge in [0.15, 0.2) is 6.61 Å². The molecule has 1 aromatic carbocycles. The minimum absolute atomic E-state index is 0.133. The summed E-state index contributed by atoms with van der Waals surface area (Å²) in [4.78, 5) is 24.3. The fourth-order valence-corrected chi connectivity index (χ4v) is 4.52. The second-order valence-corrected chi connectivity index (χ2v) is 7.96. The van der Waals surface area contributed by atoms with Crippen LogP contribution in [0.25, 0.3) is 0 Å². The summed E-state index contributed by atoms with van der Waals surface area (Å²) in [7, 11) is -3.76. The van der Waals surface area contributed by atoms with Gasteiger partial charge in [-0.15, -0.1) is 11.3 Å². The number of imide groups is 1. The second-order valence-electron chi connectivity index (χ2n) is 5.08. The first kappa shape index (κ1) is 16.6. The number of thiophene rings is 1. The summed E-state index contributed by atoms with van der Waals surface area (Å²) < 4.78 is 32.4. The minimum atomic E-state index is -3.76. The highest BCUT2D eigenvalue weighted by Crippen LogP contribution is 2.22. The van der Waals surface area contributed by atoms with Crippen LogP contribution in [0.3, 0.4) is 0 Å². The number of nitrogens with one attached hydrogen (secondary N) is 1. The molecule has 1 fully saturated rings. The monoisotopic (exact) mass is 366 g/mol. The molecule has 1 unspecified atom stereocenters. The largest absolute Gasteiger partial charge is 0.439 e. The van der Waals surface area contributed by atoms with Gasteiger partial charge in [-0.2, -0.15) is 0 Å². The first-order valence-corrected chi connectivity index (χ1v) is 9.41. The van der Waals surface area contributed by atoms with Gasteiger partial charge in [-0.3, -0.25) is 4.79 Å². The molecule has 0 radical (unpaired) electrons. The van der Waals surface area contributed by atoms with Gasteiger partial charge in [-0.1, -0.05) is 36.4 Å². The average Bonchev–Trinajstić information content (AvgIpc) is 3.21. The molecule has 2 amide bonds. The third-order valence-electron chi connectivity index (χ3n) is 3.46. The lowest BCUT2D eigenvalue weighted by atomic mass is 10.1. The fourth-order valence-electron chi connectivity index (χ4n) is 2.30. The Kier molecular flexibility index (Phi) is 4.65. The van der Waals surface area contributed by atoms with Crippen LogP contribution in [0.1, 0.15) is 11.6 Å². The van der Waals surface area contributed by atoms with Gasteiger partial charge in [-0.25, -0.2) is 22.8 Å². The Morgan fingerprint density at radius 3 is 2.50 bits per heavy atom. The van der Waals surface area contributed by atoms with Gasteiger partial charge in [0.25, 0.3) is 15.9 Å². The van der Waals surface area contributed by atoms with Gasteiger partial charge in [0.05, 0.1) is 12.6 Å². The Labute approximate surface area is 142 Å². The highest BCUT2D eigenvalue weighted by molar-refractivity contribution is 7.91. The maximum absolute atomic E-state index is 12.5. The van der Waals surface area contributed by atoms with E-state index < -0.39 is 28.1 Å². The van der Waals surface area contributed by atoms with Crippen LogP contribution in [0.2, 0.25) is 0 Å². The van der Waals surface area contributed by atoms with Gasteiger partial charge in [0.1, 0.15) is 4.21 Å². The van der Waals surface area contributed by atoms with Crippen molar-refractivity contribution in [2.24, 2.45) is 0 Å². The number of benzene rings is 1. The van der Waals surface area contributed by atoms with E-state index in [1.165, 1.54) is 6.07 Å². The Balaban J connectivity index is 1.88.